The van der Waals surface area contributed by atoms with Gasteiger partial charge in [-0.15, -0.1) is 0 Å². The Kier molecular flexibility index (Phi) is 3.38. The van der Waals surface area contributed by atoms with E-state index in [1.54, 1.807) is 18.2 Å². The molecule has 0 aliphatic carbocycles. The SMILES string of the molecule is NCCCc1c(O)cccc1Cl. The fourth-order valence-corrected chi connectivity index (χ4v) is 1.34. The van der Waals surface area contributed by atoms with Gasteiger partial charge < -0.3 is 10.8 Å². The van der Waals surface area contributed by atoms with Crippen LogP contribution in [0.15, 0.2) is 18.2 Å². The van der Waals surface area contributed by atoms with Gasteiger partial charge in [0.25, 0.3) is 0 Å². The summed E-state index contributed by atoms with van der Waals surface area (Å²) in [5.41, 5.74) is 6.15. The van der Waals surface area contributed by atoms with E-state index in [9.17, 15) is 5.11 Å². The van der Waals surface area contributed by atoms with E-state index in [-0.39, 0.29) is 5.75 Å². The van der Waals surface area contributed by atoms with E-state index in [1.807, 2.05) is 0 Å². The zero-order valence-corrected chi connectivity index (χ0v) is 7.51. The van der Waals surface area contributed by atoms with Gasteiger partial charge in [0.05, 0.1) is 0 Å². The van der Waals surface area contributed by atoms with Crippen LogP contribution in [-0.2, 0) is 6.42 Å². The molecule has 2 nitrogen and oxygen atoms in total. The first-order valence-electron chi connectivity index (χ1n) is 3.92. The van der Waals surface area contributed by atoms with E-state index in [0.29, 0.717) is 11.6 Å². The Morgan fingerprint density at radius 3 is 2.75 bits per heavy atom. The van der Waals surface area contributed by atoms with Crippen molar-refractivity contribution in [2.24, 2.45) is 5.73 Å². The molecule has 3 heteroatoms. The molecule has 0 heterocycles. The van der Waals surface area contributed by atoms with Crippen LogP contribution in [0.5, 0.6) is 5.75 Å². The van der Waals surface area contributed by atoms with Gasteiger partial charge >= 0.3 is 0 Å². The van der Waals surface area contributed by atoms with Crippen molar-refractivity contribution < 1.29 is 5.11 Å². The first-order chi connectivity index (χ1) is 5.75. The van der Waals surface area contributed by atoms with Crippen LogP contribution in [-0.4, -0.2) is 11.7 Å². The Bertz CT molecular complexity index is 242. The number of phenolic OH excluding ortho intramolecular Hbond substituents is 1. The Balaban J connectivity index is 2.81. The number of rotatable bonds is 3. The number of aromatic hydroxyl groups is 1. The van der Waals surface area contributed by atoms with Crippen molar-refractivity contribution in [3.63, 3.8) is 0 Å². The van der Waals surface area contributed by atoms with Crippen LogP contribution in [0.4, 0.5) is 0 Å². The summed E-state index contributed by atoms with van der Waals surface area (Å²) in [6.07, 6.45) is 1.58. The highest BCUT2D eigenvalue weighted by Crippen LogP contribution is 2.25. The summed E-state index contributed by atoms with van der Waals surface area (Å²) in [7, 11) is 0. The molecule has 1 aromatic rings. The molecule has 1 aromatic carbocycles. The molecule has 12 heavy (non-hydrogen) atoms. The van der Waals surface area contributed by atoms with Crippen LogP contribution >= 0.6 is 11.6 Å². The largest absolute Gasteiger partial charge is 0.508 e. The second kappa shape index (κ2) is 4.33. The highest BCUT2D eigenvalue weighted by Gasteiger charge is 2.04. The molecular weight excluding hydrogens is 174 g/mol. The molecule has 0 aliphatic heterocycles. The second-order valence-electron chi connectivity index (χ2n) is 2.63. The van der Waals surface area contributed by atoms with E-state index in [1.165, 1.54) is 0 Å². The maximum atomic E-state index is 9.39. The lowest BCUT2D eigenvalue weighted by molar-refractivity contribution is 0.467. The maximum absolute atomic E-state index is 9.39. The zero-order valence-electron chi connectivity index (χ0n) is 6.76. The molecule has 0 saturated carbocycles. The maximum Gasteiger partial charge on any atom is 0.120 e. The van der Waals surface area contributed by atoms with Crippen molar-refractivity contribution in [3.05, 3.63) is 28.8 Å². The lowest BCUT2D eigenvalue weighted by atomic mass is 10.1. The summed E-state index contributed by atoms with van der Waals surface area (Å²) >= 11 is 5.86. The van der Waals surface area contributed by atoms with E-state index in [0.717, 1.165) is 18.4 Å². The third-order valence-electron chi connectivity index (χ3n) is 1.73. The standard InChI is InChI=1S/C9H12ClNO/c10-8-4-1-5-9(12)7(8)3-2-6-11/h1,4-5,12H,2-3,6,11H2. The van der Waals surface area contributed by atoms with Gasteiger partial charge in [-0.3, -0.25) is 0 Å². The Morgan fingerprint density at radius 1 is 1.42 bits per heavy atom. The molecule has 0 aromatic heterocycles. The first-order valence-corrected chi connectivity index (χ1v) is 4.30. The number of halogens is 1. The van der Waals surface area contributed by atoms with Gasteiger partial charge in [0.1, 0.15) is 5.75 Å². The zero-order chi connectivity index (χ0) is 8.97. The smallest absolute Gasteiger partial charge is 0.120 e. The average molecular weight is 186 g/mol. The number of nitrogens with two attached hydrogens (primary N) is 1. The molecule has 3 N–H and O–H groups in total. The minimum Gasteiger partial charge on any atom is -0.508 e. The molecule has 0 radical (unpaired) electrons. The number of benzene rings is 1. The van der Waals surface area contributed by atoms with Gasteiger partial charge in [0.15, 0.2) is 0 Å². The molecule has 0 unspecified atom stereocenters. The van der Waals surface area contributed by atoms with Gasteiger partial charge in [0, 0.05) is 10.6 Å². The van der Waals surface area contributed by atoms with Crippen LogP contribution in [0.2, 0.25) is 5.02 Å². The molecule has 0 bridgehead atoms. The molecule has 0 aliphatic rings. The summed E-state index contributed by atoms with van der Waals surface area (Å²) in [5.74, 6) is 0.260. The molecule has 66 valence electrons. The fraction of sp³-hybridized carbons (Fsp3) is 0.333. The molecule has 0 atom stereocenters. The minimum absolute atomic E-state index is 0.260. The third-order valence-corrected chi connectivity index (χ3v) is 2.08. The summed E-state index contributed by atoms with van der Waals surface area (Å²) in [6, 6.07) is 5.13. The first kappa shape index (κ1) is 9.36. The van der Waals surface area contributed by atoms with E-state index >= 15 is 0 Å². The molecule has 1 rings (SSSR count). The molecule has 0 amide bonds. The van der Waals surface area contributed by atoms with Crippen LogP contribution in [0.3, 0.4) is 0 Å². The molecular formula is C9H12ClNO. The van der Waals surface area contributed by atoms with Crippen molar-refractivity contribution in [1.82, 2.24) is 0 Å². The topological polar surface area (TPSA) is 46.2 Å². The van der Waals surface area contributed by atoms with Gasteiger partial charge in [-0.2, -0.15) is 0 Å². The van der Waals surface area contributed by atoms with Crippen LogP contribution < -0.4 is 5.73 Å². The number of hydrogen-bond donors (Lipinski definition) is 2. The quantitative estimate of drug-likeness (QED) is 0.756. The normalized spacial score (nSPS) is 10.2. The van der Waals surface area contributed by atoms with Gasteiger partial charge in [0.2, 0.25) is 0 Å². The van der Waals surface area contributed by atoms with Crippen molar-refractivity contribution in [1.29, 1.82) is 0 Å². The summed E-state index contributed by atoms with van der Waals surface area (Å²) in [5, 5.41) is 10.0. The van der Waals surface area contributed by atoms with E-state index < -0.39 is 0 Å². The van der Waals surface area contributed by atoms with E-state index in [2.05, 4.69) is 0 Å². The number of hydrogen-bond acceptors (Lipinski definition) is 2. The third kappa shape index (κ3) is 2.13. The van der Waals surface area contributed by atoms with Gasteiger partial charge in [-0.25, -0.2) is 0 Å². The van der Waals surface area contributed by atoms with Crippen molar-refractivity contribution in [2.45, 2.75) is 12.8 Å². The van der Waals surface area contributed by atoms with Crippen LogP contribution in [0.25, 0.3) is 0 Å². The summed E-state index contributed by atoms with van der Waals surface area (Å²) < 4.78 is 0. The lowest BCUT2D eigenvalue weighted by Gasteiger charge is -2.04. The van der Waals surface area contributed by atoms with Crippen molar-refractivity contribution in [2.75, 3.05) is 6.54 Å². The summed E-state index contributed by atoms with van der Waals surface area (Å²) in [4.78, 5) is 0. The molecule has 0 spiro atoms. The fourth-order valence-electron chi connectivity index (χ4n) is 1.07. The highest BCUT2D eigenvalue weighted by molar-refractivity contribution is 6.31. The second-order valence-corrected chi connectivity index (χ2v) is 3.04. The van der Waals surface area contributed by atoms with Gasteiger partial charge in [-0.1, -0.05) is 17.7 Å². The minimum atomic E-state index is 0.260. The summed E-state index contributed by atoms with van der Waals surface area (Å²) in [6.45, 7) is 0.616. The predicted octanol–water partition coefficient (Wildman–Crippen LogP) is 1.94. The predicted molar refractivity (Wildman–Crippen MR) is 50.5 cm³/mol. The molecule has 0 fully saturated rings. The highest BCUT2D eigenvalue weighted by atomic mass is 35.5. The van der Waals surface area contributed by atoms with Crippen molar-refractivity contribution >= 4 is 11.6 Å². The average Bonchev–Trinajstić information content (AvgIpc) is 2.04. The van der Waals surface area contributed by atoms with E-state index in [4.69, 9.17) is 17.3 Å². The monoisotopic (exact) mass is 185 g/mol. The Labute approximate surface area is 77.0 Å². The van der Waals surface area contributed by atoms with Crippen LogP contribution in [0, 0.1) is 0 Å². The Hall–Kier alpha value is -0.730. The van der Waals surface area contributed by atoms with Gasteiger partial charge in [-0.05, 0) is 31.5 Å². The molecule has 0 saturated heterocycles. The van der Waals surface area contributed by atoms with Crippen LogP contribution in [0.1, 0.15) is 12.0 Å². The lowest BCUT2D eigenvalue weighted by Crippen LogP contribution is -2.00. The van der Waals surface area contributed by atoms with Crippen molar-refractivity contribution in [3.8, 4) is 5.75 Å². The number of phenols is 1. The Morgan fingerprint density at radius 2 is 2.17 bits per heavy atom.